The number of guanidine groups is 1. The van der Waals surface area contributed by atoms with Crippen molar-refractivity contribution >= 4 is 5.96 Å². The maximum atomic E-state index is 5.39. The van der Waals surface area contributed by atoms with Gasteiger partial charge in [0.05, 0.1) is 19.3 Å². The first-order valence-corrected chi connectivity index (χ1v) is 7.71. The lowest BCUT2D eigenvalue weighted by Gasteiger charge is -2.21. The Labute approximate surface area is 134 Å². The van der Waals surface area contributed by atoms with E-state index in [-0.39, 0.29) is 5.60 Å². The van der Waals surface area contributed by atoms with Crippen LogP contribution in [0.2, 0.25) is 0 Å². The Bertz CT molecular complexity index is 473. The van der Waals surface area contributed by atoms with Gasteiger partial charge < -0.3 is 20.1 Å². The second-order valence-corrected chi connectivity index (χ2v) is 5.65. The predicted molar refractivity (Wildman–Crippen MR) is 91.8 cm³/mol. The van der Waals surface area contributed by atoms with Crippen molar-refractivity contribution in [3.63, 3.8) is 0 Å². The largest absolute Gasteiger partial charge is 0.496 e. The standard InChI is InChI=1S/C17H29N3O2/c1-6-18-16(20-13-17(2,3)22-5)19-12-11-14-9-7-8-10-15(14)21-4/h7-10H,6,11-13H2,1-5H3,(H2,18,19,20). The molecule has 2 N–H and O–H groups in total. The van der Waals surface area contributed by atoms with Crippen LogP contribution in [0.3, 0.4) is 0 Å². The molecule has 0 radical (unpaired) electrons. The Hall–Kier alpha value is -1.75. The predicted octanol–water partition coefficient (Wildman–Crippen LogP) is 2.22. The number of hydrogen-bond acceptors (Lipinski definition) is 3. The van der Waals surface area contributed by atoms with Gasteiger partial charge in [0.15, 0.2) is 5.96 Å². The summed E-state index contributed by atoms with van der Waals surface area (Å²) in [4.78, 5) is 4.57. The molecule has 1 aromatic rings. The van der Waals surface area contributed by atoms with Crippen molar-refractivity contribution in [3.8, 4) is 5.75 Å². The molecule has 22 heavy (non-hydrogen) atoms. The molecule has 5 nitrogen and oxygen atoms in total. The van der Waals surface area contributed by atoms with Gasteiger partial charge in [-0.2, -0.15) is 0 Å². The zero-order chi connectivity index (χ0) is 16.4. The van der Waals surface area contributed by atoms with Gasteiger partial charge in [0.1, 0.15) is 5.75 Å². The Kier molecular flexibility index (Phi) is 7.74. The van der Waals surface area contributed by atoms with Crippen molar-refractivity contribution in [2.24, 2.45) is 4.99 Å². The number of benzene rings is 1. The summed E-state index contributed by atoms with van der Waals surface area (Å²) in [7, 11) is 3.40. The molecule has 0 aliphatic rings. The van der Waals surface area contributed by atoms with Crippen LogP contribution in [0.15, 0.2) is 29.3 Å². The Balaban J connectivity index is 2.56. The molecule has 0 aliphatic carbocycles. The summed E-state index contributed by atoms with van der Waals surface area (Å²) in [6.45, 7) is 8.32. The zero-order valence-electron chi connectivity index (χ0n) is 14.4. The highest BCUT2D eigenvalue weighted by Crippen LogP contribution is 2.17. The molecule has 0 aromatic heterocycles. The number of hydrogen-bond donors (Lipinski definition) is 2. The Morgan fingerprint density at radius 1 is 1.18 bits per heavy atom. The minimum atomic E-state index is -0.259. The number of nitrogens with zero attached hydrogens (tertiary/aromatic N) is 1. The van der Waals surface area contributed by atoms with Gasteiger partial charge in [0.25, 0.3) is 0 Å². The fourth-order valence-electron chi connectivity index (χ4n) is 1.90. The molecule has 1 aromatic carbocycles. The zero-order valence-corrected chi connectivity index (χ0v) is 14.4. The molecule has 0 saturated heterocycles. The van der Waals surface area contributed by atoms with Crippen LogP contribution < -0.4 is 15.4 Å². The van der Waals surface area contributed by atoms with E-state index in [0.29, 0.717) is 6.54 Å². The van der Waals surface area contributed by atoms with Crippen molar-refractivity contribution in [1.29, 1.82) is 0 Å². The van der Waals surface area contributed by atoms with Crippen LogP contribution in [0.4, 0.5) is 0 Å². The molecule has 124 valence electrons. The van der Waals surface area contributed by atoms with Gasteiger partial charge in [0, 0.05) is 20.2 Å². The summed E-state index contributed by atoms with van der Waals surface area (Å²) < 4.78 is 10.8. The van der Waals surface area contributed by atoms with Crippen molar-refractivity contribution in [3.05, 3.63) is 29.8 Å². The van der Waals surface area contributed by atoms with E-state index in [4.69, 9.17) is 9.47 Å². The fraction of sp³-hybridized carbons (Fsp3) is 0.588. The van der Waals surface area contributed by atoms with Crippen LogP contribution in [-0.2, 0) is 11.2 Å². The van der Waals surface area contributed by atoms with Crippen LogP contribution >= 0.6 is 0 Å². The third-order valence-electron chi connectivity index (χ3n) is 3.39. The van der Waals surface area contributed by atoms with Crippen LogP contribution in [0.1, 0.15) is 26.3 Å². The quantitative estimate of drug-likeness (QED) is 0.571. The van der Waals surface area contributed by atoms with Gasteiger partial charge in [-0.3, -0.25) is 4.99 Å². The topological polar surface area (TPSA) is 54.9 Å². The lowest BCUT2D eigenvalue weighted by atomic mass is 10.1. The minimum absolute atomic E-state index is 0.259. The molecule has 0 saturated carbocycles. The van der Waals surface area contributed by atoms with E-state index in [1.54, 1.807) is 14.2 Å². The SMILES string of the molecule is CCNC(=NCC(C)(C)OC)NCCc1ccccc1OC. The van der Waals surface area contributed by atoms with Crippen molar-refractivity contribution in [2.75, 3.05) is 33.9 Å². The van der Waals surface area contributed by atoms with Gasteiger partial charge in [-0.25, -0.2) is 0 Å². The van der Waals surface area contributed by atoms with E-state index >= 15 is 0 Å². The molecule has 5 heteroatoms. The van der Waals surface area contributed by atoms with Gasteiger partial charge >= 0.3 is 0 Å². The van der Waals surface area contributed by atoms with Crippen LogP contribution in [0, 0.1) is 0 Å². The first-order valence-electron chi connectivity index (χ1n) is 7.71. The summed E-state index contributed by atoms with van der Waals surface area (Å²) in [6, 6.07) is 8.07. The first-order chi connectivity index (χ1) is 10.5. The number of para-hydroxylation sites is 1. The number of nitrogens with one attached hydrogen (secondary N) is 2. The summed E-state index contributed by atoms with van der Waals surface area (Å²) >= 11 is 0. The Morgan fingerprint density at radius 3 is 2.55 bits per heavy atom. The maximum Gasteiger partial charge on any atom is 0.191 e. The van der Waals surface area contributed by atoms with Gasteiger partial charge in [0.2, 0.25) is 0 Å². The van der Waals surface area contributed by atoms with Crippen LogP contribution in [0.5, 0.6) is 5.75 Å². The van der Waals surface area contributed by atoms with Crippen molar-refractivity contribution in [2.45, 2.75) is 32.8 Å². The smallest absolute Gasteiger partial charge is 0.191 e. The van der Waals surface area contributed by atoms with E-state index in [9.17, 15) is 0 Å². The summed E-state index contributed by atoms with van der Waals surface area (Å²) in [6.07, 6.45) is 0.877. The third-order valence-corrected chi connectivity index (χ3v) is 3.39. The van der Waals surface area contributed by atoms with Gasteiger partial charge in [-0.1, -0.05) is 18.2 Å². The van der Waals surface area contributed by atoms with E-state index in [0.717, 1.165) is 31.2 Å². The van der Waals surface area contributed by atoms with Crippen LogP contribution in [-0.4, -0.2) is 45.4 Å². The van der Waals surface area contributed by atoms with E-state index in [2.05, 4.69) is 28.6 Å². The van der Waals surface area contributed by atoms with Gasteiger partial charge in [-0.05, 0) is 38.8 Å². The third kappa shape index (κ3) is 6.35. The van der Waals surface area contributed by atoms with E-state index in [1.807, 2.05) is 32.0 Å². The van der Waals surface area contributed by atoms with E-state index < -0.39 is 0 Å². The molecule has 0 atom stereocenters. The second kappa shape index (κ2) is 9.30. The molecule has 0 bridgehead atoms. The monoisotopic (exact) mass is 307 g/mol. The molecule has 0 unspecified atom stereocenters. The second-order valence-electron chi connectivity index (χ2n) is 5.65. The molecular formula is C17H29N3O2. The number of rotatable bonds is 8. The van der Waals surface area contributed by atoms with Crippen LogP contribution in [0.25, 0.3) is 0 Å². The highest BCUT2D eigenvalue weighted by molar-refractivity contribution is 5.79. The molecule has 1 rings (SSSR count). The summed E-state index contributed by atoms with van der Waals surface area (Å²) in [5, 5.41) is 6.59. The lowest BCUT2D eigenvalue weighted by molar-refractivity contribution is 0.0310. The molecular weight excluding hydrogens is 278 g/mol. The highest BCUT2D eigenvalue weighted by atomic mass is 16.5. The molecule has 0 spiro atoms. The molecule has 0 fully saturated rings. The summed E-state index contributed by atoms with van der Waals surface area (Å²) in [5.74, 6) is 1.73. The fourth-order valence-corrected chi connectivity index (χ4v) is 1.90. The number of ether oxygens (including phenoxy) is 2. The van der Waals surface area contributed by atoms with E-state index in [1.165, 1.54) is 5.56 Å². The summed E-state index contributed by atoms with van der Waals surface area (Å²) in [5.41, 5.74) is 0.927. The molecule has 0 heterocycles. The van der Waals surface area contributed by atoms with Crippen molar-refractivity contribution < 1.29 is 9.47 Å². The number of methoxy groups -OCH3 is 2. The highest BCUT2D eigenvalue weighted by Gasteiger charge is 2.15. The average Bonchev–Trinajstić information content (AvgIpc) is 2.53. The van der Waals surface area contributed by atoms with Crippen molar-refractivity contribution in [1.82, 2.24) is 10.6 Å². The number of aliphatic imine (C=N–C) groups is 1. The normalized spacial score (nSPS) is 12.1. The average molecular weight is 307 g/mol. The lowest BCUT2D eigenvalue weighted by Crippen LogP contribution is -2.40. The Morgan fingerprint density at radius 2 is 1.91 bits per heavy atom. The first kappa shape index (κ1) is 18.3. The minimum Gasteiger partial charge on any atom is -0.496 e. The molecule has 0 aliphatic heterocycles. The molecule has 0 amide bonds. The maximum absolute atomic E-state index is 5.39. The van der Waals surface area contributed by atoms with Gasteiger partial charge in [-0.15, -0.1) is 0 Å².